The molecule has 1 aromatic carbocycles. The number of hydrogen-bond donors (Lipinski definition) is 0. The number of ether oxygens (including phenoxy) is 1. The van der Waals surface area contributed by atoms with Crippen LogP contribution >= 0.6 is 23.1 Å². The zero-order valence-corrected chi connectivity index (χ0v) is 13.7. The van der Waals surface area contributed by atoms with E-state index in [2.05, 4.69) is 0 Å². The van der Waals surface area contributed by atoms with Crippen LogP contribution in [0, 0.1) is 6.92 Å². The van der Waals surface area contributed by atoms with Crippen molar-refractivity contribution in [2.24, 2.45) is 0 Å². The Bertz CT molecular complexity index is 779. The Labute approximate surface area is 136 Å². The first-order valence-corrected chi connectivity index (χ1v) is 8.21. The zero-order chi connectivity index (χ0) is 15.7. The smallest absolute Gasteiger partial charge is 0.298 e. The van der Waals surface area contributed by atoms with Crippen molar-refractivity contribution in [1.29, 1.82) is 0 Å². The minimum absolute atomic E-state index is 0.311. The first-order valence-electron chi connectivity index (χ1n) is 6.57. The number of hydrogen-bond acceptors (Lipinski definition) is 5. The zero-order valence-electron chi connectivity index (χ0n) is 12.0. The molecule has 2 aromatic rings. The van der Waals surface area contributed by atoms with Gasteiger partial charge < -0.3 is 4.74 Å². The Kier molecular flexibility index (Phi) is 4.04. The third kappa shape index (κ3) is 2.67. The number of benzene rings is 1. The van der Waals surface area contributed by atoms with Gasteiger partial charge in [-0.15, -0.1) is 11.3 Å². The van der Waals surface area contributed by atoms with E-state index >= 15 is 0 Å². The summed E-state index contributed by atoms with van der Waals surface area (Å²) in [5.41, 5.74) is 0.471. The summed E-state index contributed by atoms with van der Waals surface area (Å²) in [6.45, 7) is 2.00. The first kappa shape index (κ1) is 14.9. The summed E-state index contributed by atoms with van der Waals surface area (Å²) in [5, 5.41) is -0.311. The van der Waals surface area contributed by atoms with Gasteiger partial charge in [0.15, 0.2) is 0 Å². The van der Waals surface area contributed by atoms with Crippen molar-refractivity contribution in [2.75, 3.05) is 12.0 Å². The van der Waals surface area contributed by atoms with Crippen LogP contribution < -0.4 is 9.64 Å². The summed E-state index contributed by atoms with van der Waals surface area (Å²) < 4.78 is 5.24. The number of amides is 2. The molecular weight excluding hydrogens is 318 g/mol. The van der Waals surface area contributed by atoms with Crippen molar-refractivity contribution in [1.82, 2.24) is 0 Å². The van der Waals surface area contributed by atoms with Crippen molar-refractivity contribution >= 4 is 46.0 Å². The Morgan fingerprint density at radius 2 is 1.91 bits per heavy atom. The lowest BCUT2D eigenvalue weighted by Crippen LogP contribution is -2.28. The molecule has 3 rings (SSSR count). The van der Waals surface area contributed by atoms with Crippen LogP contribution in [0.4, 0.5) is 10.5 Å². The number of imide groups is 1. The molecule has 0 bridgehead atoms. The molecule has 1 aliphatic rings. The Hall–Kier alpha value is -2.05. The number of rotatable bonds is 3. The molecule has 0 N–H and O–H groups in total. The van der Waals surface area contributed by atoms with Crippen molar-refractivity contribution in [3.63, 3.8) is 0 Å². The molecule has 1 aliphatic heterocycles. The van der Waals surface area contributed by atoms with E-state index in [4.69, 9.17) is 4.74 Å². The maximum Gasteiger partial charge on any atom is 0.298 e. The van der Waals surface area contributed by atoms with Gasteiger partial charge in [0.1, 0.15) is 5.75 Å². The van der Waals surface area contributed by atoms with Crippen molar-refractivity contribution in [3.8, 4) is 5.75 Å². The van der Waals surface area contributed by atoms with E-state index in [1.807, 2.05) is 19.1 Å². The van der Waals surface area contributed by atoms with Gasteiger partial charge in [0, 0.05) is 9.75 Å². The number of para-hydroxylation sites is 2. The van der Waals surface area contributed by atoms with Crippen LogP contribution in [0.25, 0.3) is 6.08 Å². The summed E-state index contributed by atoms with van der Waals surface area (Å²) >= 11 is 2.54. The van der Waals surface area contributed by atoms with Crippen LogP contribution in [0.1, 0.15) is 9.75 Å². The number of thioether (sulfide) groups is 1. The fourth-order valence-corrected chi connectivity index (χ4v) is 3.87. The lowest BCUT2D eigenvalue weighted by atomic mass is 10.2. The molecule has 1 saturated heterocycles. The van der Waals surface area contributed by atoms with Gasteiger partial charge in [-0.1, -0.05) is 12.1 Å². The van der Waals surface area contributed by atoms with Gasteiger partial charge in [0.05, 0.1) is 17.7 Å². The van der Waals surface area contributed by atoms with Gasteiger partial charge in [-0.25, -0.2) is 4.90 Å². The molecule has 0 unspecified atom stereocenters. The number of aryl methyl sites for hydroxylation is 1. The Morgan fingerprint density at radius 3 is 2.59 bits per heavy atom. The number of nitrogens with zero attached hydrogens (tertiary/aromatic N) is 1. The highest BCUT2D eigenvalue weighted by molar-refractivity contribution is 8.19. The molecule has 1 fully saturated rings. The molecule has 0 spiro atoms. The van der Waals surface area contributed by atoms with E-state index in [1.165, 1.54) is 7.11 Å². The number of carbonyl (C=O) groups is 2. The molecule has 112 valence electrons. The fourth-order valence-electron chi connectivity index (χ4n) is 2.15. The van der Waals surface area contributed by atoms with Crippen LogP contribution in [-0.4, -0.2) is 18.3 Å². The molecular formula is C16H13NO3S2. The lowest BCUT2D eigenvalue weighted by Gasteiger charge is -2.15. The summed E-state index contributed by atoms with van der Waals surface area (Å²) in [6.07, 6.45) is 1.76. The SMILES string of the molecule is COc1ccccc1N1C(=O)SC(=Cc2ccc(C)s2)C1=O. The average Bonchev–Trinajstić information content (AvgIpc) is 3.03. The largest absolute Gasteiger partial charge is 0.495 e. The van der Waals surface area contributed by atoms with E-state index < -0.39 is 0 Å². The molecule has 2 heterocycles. The van der Waals surface area contributed by atoms with Gasteiger partial charge in [-0.3, -0.25) is 9.59 Å². The van der Waals surface area contributed by atoms with Gasteiger partial charge in [-0.2, -0.15) is 0 Å². The highest BCUT2D eigenvalue weighted by Gasteiger charge is 2.37. The van der Waals surface area contributed by atoms with E-state index in [0.717, 1.165) is 26.4 Å². The molecule has 0 radical (unpaired) electrons. The second kappa shape index (κ2) is 5.98. The van der Waals surface area contributed by atoms with E-state index in [-0.39, 0.29) is 11.1 Å². The van der Waals surface area contributed by atoms with Crippen LogP contribution in [0.15, 0.2) is 41.3 Å². The highest BCUT2D eigenvalue weighted by atomic mass is 32.2. The van der Waals surface area contributed by atoms with E-state index in [1.54, 1.807) is 41.7 Å². The van der Waals surface area contributed by atoms with Gasteiger partial charge >= 0.3 is 0 Å². The van der Waals surface area contributed by atoms with Crippen LogP contribution in [0.5, 0.6) is 5.75 Å². The Morgan fingerprint density at radius 1 is 1.14 bits per heavy atom. The standard InChI is InChI=1S/C16H13NO3S2/c1-10-7-8-11(21-10)9-14-15(18)17(16(19)22-14)12-5-3-4-6-13(12)20-2/h3-9H,1-2H3. The molecule has 6 heteroatoms. The topological polar surface area (TPSA) is 46.6 Å². The van der Waals surface area contributed by atoms with Crippen molar-refractivity contribution < 1.29 is 14.3 Å². The van der Waals surface area contributed by atoms with Gasteiger partial charge in [-0.05, 0) is 49.0 Å². The summed E-state index contributed by atoms with van der Waals surface area (Å²) in [5.74, 6) is 0.184. The van der Waals surface area contributed by atoms with Crippen LogP contribution in [0.2, 0.25) is 0 Å². The fraction of sp³-hybridized carbons (Fsp3) is 0.125. The molecule has 0 saturated carbocycles. The lowest BCUT2D eigenvalue weighted by molar-refractivity contribution is -0.113. The number of anilines is 1. The predicted octanol–water partition coefficient (Wildman–Crippen LogP) is 4.31. The first-order chi connectivity index (χ1) is 10.6. The molecule has 0 atom stereocenters. The second-order valence-electron chi connectivity index (χ2n) is 4.64. The molecule has 2 amide bonds. The minimum Gasteiger partial charge on any atom is -0.495 e. The normalized spacial score (nSPS) is 16.6. The monoisotopic (exact) mass is 331 g/mol. The van der Waals surface area contributed by atoms with E-state index in [9.17, 15) is 9.59 Å². The summed E-state index contributed by atoms with van der Waals surface area (Å²) in [6, 6.07) is 10.9. The van der Waals surface area contributed by atoms with Gasteiger partial charge in [0.25, 0.3) is 11.1 Å². The van der Waals surface area contributed by atoms with Crippen molar-refractivity contribution in [3.05, 3.63) is 51.1 Å². The third-order valence-corrected chi connectivity index (χ3v) is 4.97. The quantitative estimate of drug-likeness (QED) is 0.787. The Balaban J connectivity index is 1.97. The summed E-state index contributed by atoms with van der Waals surface area (Å²) in [7, 11) is 1.52. The molecule has 22 heavy (non-hydrogen) atoms. The highest BCUT2D eigenvalue weighted by Crippen LogP contribution is 2.39. The third-order valence-electron chi connectivity index (χ3n) is 3.15. The van der Waals surface area contributed by atoms with Crippen LogP contribution in [-0.2, 0) is 4.79 Å². The van der Waals surface area contributed by atoms with Crippen molar-refractivity contribution in [2.45, 2.75) is 6.92 Å². The molecule has 4 nitrogen and oxygen atoms in total. The number of methoxy groups -OCH3 is 1. The van der Waals surface area contributed by atoms with E-state index in [0.29, 0.717) is 16.3 Å². The predicted molar refractivity (Wildman–Crippen MR) is 90.5 cm³/mol. The maximum absolute atomic E-state index is 12.6. The number of thiophene rings is 1. The maximum atomic E-state index is 12.6. The minimum atomic E-state index is -0.314. The van der Waals surface area contributed by atoms with Crippen LogP contribution in [0.3, 0.4) is 0 Å². The number of carbonyl (C=O) groups excluding carboxylic acids is 2. The van der Waals surface area contributed by atoms with Gasteiger partial charge in [0.2, 0.25) is 0 Å². The second-order valence-corrected chi connectivity index (χ2v) is 6.95. The summed E-state index contributed by atoms with van der Waals surface area (Å²) in [4.78, 5) is 28.5. The average molecular weight is 331 g/mol. The molecule has 0 aliphatic carbocycles. The molecule has 1 aromatic heterocycles.